The Morgan fingerprint density at radius 1 is 1.00 bits per heavy atom. The summed E-state index contributed by atoms with van der Waals surface area (Å²) >= 11 is 7.57. The van der Waals surface area contributed by atoms with Gasteiger partial charge in [-0.3, -0.25) is 14.5 Å². The largest absolute Gasteiger partial charge is 0.350 e. The first-order valence-corrected chi connectivity index (χ1v) is 10.4. The number of halogens is 1. The smallest absolute Gasteiger partial charge is 0.278 e. The molecular formula is C23H19ClN2O2S. The third-order valence-electron chi connectivity index (χ3n) is 4.86. The Hall–Kier alpha value is -2.89. The van der Waals surface area contributed by atoms with Gasteiger partial charge in [0.05, 0.1) is 12.1 Å². The van der Waals surface area contributed by atoms with Crippen LogP contribution in [0.2, 0.25) is 5.02 Å². The van der Waals surface area contributed by atoms with Gasteiger partial charge in [-0.1, -0.05) is 53.6 Å². The zero-order chi connectivity index (χ0) is 20.5. The molecule has 4 rings (SSSR count). The summed E-state index contributed by atoms with van der Waals surface area (Å²) in [7, 11) is 0. The van der Waals surface area contributed by atoms with Gasteiger partial charge in [0.1, 0.15) is 5.70 Å². The molecule has 0 aliphatic carbocycles. The molecule has 1 aliphatic heterocycles. The molecule has 0 spiro atoms. The Kier molecular flexibility index (Phi) is 5.26. The number of nitrogens with zero attached hydrogens (tertiary/aromatic N) is 1. The van der Waals surface area contributed by atoms with E-state index in [1.54, 1.807) is 12.1 Å². The summed E-state index contributed by atoms with van der Waals surface area (Å²) in [6.07, 6.45) is 0. The summed E-state index contributed by atoms with van der Waals surface area (Å²) in [5.74, 6) is -0.626. The monoisotopic (exact) mass is 422 g/mol. The zero-order valence-corrected chi connectivity index (χ0v) is 17.6. The van der Waals surface area contributed by atoms with E-state index in [0.29, 0.717) is 16.3 Å². The minimum Gasteiger partial charge on any atom is -0.350 e. The number of hydrogen-bond donors (Lipinski definition) is 1. The molecule has 0 unspecified atom stereocenters. The molecule has 0 saturated heterocycles. The molecule has 1 aliphatic rings. The van der Waals surface area contributed by atoms with Crippen LogP contribution < -0.4 is 5.32 Å². The number of thiophene rings is 1. The summed E-state index contributed by atoms with van der Waals surface area (Å²) in [5.41, 5.74) is 4.36. The van der Waals surface area contributed by atoms with Crippen molar-refractivity contribution >= 4 is 46.0 Å². The fourth-order valence-corrected chi connectivity index (χ4v) is 4.16. The number of nitrogens with one attached hydrogen (secondary N) is 1. The Balaban J connectivity index is 1.72. The molecular weight excluding hydrogens is 404 g/mol. The van der Waals surface area contributed by atoms with Gasteiger partial charge in [0, 0.05) is 15.6 Å². The third kappa shape index (κ3) is 3.84. The second-order valence-electron chi connectivity index (χ2n) is 6.99. The average Bonchev–Trinajstić information content (AvgIpc) is 3.29. The molecule has 2 aromatic carbocycles. The number of benzene rings is 2. The highest BCUT2D eigenvalue weighted by Crippen LogP contribution is 2.34. The number of carbonyl (C=O) groups excluding carboxylic acids is 2. The standard InChI is InChI=1S/C23H19ClN2O2S/c1-14-5-8-16(9-6-14)13-26-22(27)20(19-4-3-11-29-19)21(23(26)28)25-18-12-17(24)10-7-15(18)2/h3-12,25H,13H2,1-2H3. The van der Waals surface area contributed by atoms with Crippen molar-refractivity contribution in [1.82, 2.24) is 4.90 Å². The van der Waals surface area contributed by atoms with Crippen molar-refractivity contribution < 1.29 is 9.59 Å². The summed E-state index contributed by atoms with van der Waals surface area (Å²) < 4.78 is 0. The molecule has 1 aromatic heterocycles. The molecule has 1 N–H and O–H groups in total. The van der Waals surface area contributed by atoms with Crippen molar-refractivity contribution in [2.24, 2.45) is 0 Å². The Morgan fingerprint density at radius 2 is 1.76 bits per heavy atom. The van der Waals surface area contributed by atoms with Crippen molar-refractivity contribution in [2.75, 3.05) is 5.32 Å². The predicted molar refractivity (Wildman–Crippen MR) is 118 cm³/mol. The average molecular weight is 423 g/mol. The van der Waals surface area contributed by atoms with Crippen molar-refractivity contribution in [3.63, 3.8) is 0 Å². The number of rotatable bonds is 5. The lowest BCUT2D eigenvalue weighted by Crippen LogP contribution is -2.32. The maximum atomic E-state index is 13.2. The van der Waals surface area contributed by atoms with Crippen LogP contribution in [-0.2, 0) is 16.1 Å². The van der Waals surface area contributed by atoms with Gasteiger partial charge in [-0.2, -0.15) is 0 Å². The van der Waals surface area contributed by atoms with E-state index in [4.69, 9.17) is 11.6 Å². The van der Waals surface area contributed by atoms with Crippen LogP contribution in [0.15, 0.2) is 65.7 Å². The topological polar surface area (TPSA) is 49.4 Å². The minimum absolute atomic E-state index is 0.229. The third-order valence-corrected chi connectivity index (χ3v) is 5.98. The van der Waals surface area contributed by atoms with E-state index in [1.165, 1.54) is 16.2 Å². The second kappa shape index (κ2) is 7.85. The number of hydrogen-bond acceptors (Lipinski definition) is 4. The van der Waals surface area contributed by atoms with Crippen LogP contribution in [0.5, 0.6) is 0 Å². The normalized spacial score (nSPS) is 14.1. The summed E-state index contributed by atoms with van der Waals surface area (Å²) in [6.45, 7) is 4.16. The first-order chi connectivity index (χ1) is 13.9. The molecule has 3 aromatic rings. The molecule has 0 saturated carbocycles. The van der Waals surface area contributed by atoms with Crippen LogP contribution in [0, 0.1) is 13.8 Å². The van der Waals surface area contributed by atoms with Gasteiger partial charge in [0.2, 0.25) is 0 Å². The van der Waals surface area contributed by atoms with E-state index in [2.05, 4.69) is 5.32 Å². The summed E-state index contributed by atoms with van der Waals surface area (Å²) in [5, 5.41) is 5.64. The van der Waals surface area contributed by atoms with E-state index in [-0.39, 0.29) is 24.1 Å². The molecule has 2 amide bonds. The lowest BCUT2D eigenvalue weighted by atomic mass is 10.1. The van der Waals surface area contributed by atoms with E-state index in [0.717, 1.165) is 21.6 Å². The highest BCUT2D eigenvalue weighted by atomic mass is 35.5. The summed E-state index contributed by atoms with van der Waals surface area (Å²) in [6, 6.07) is 17.0. The number of anilines is 1. The Morgan fingerprint density at radius 3 is 2.45 bits per heavy atom. The minimum atomic E-state index is -0.335. The van der Waals surface area contributed by atoms with Crippen LogP contribution in [0.1, 0.15) is 21.6 Å². The summed E-state index contributed by atoms with van der Waals surface area (Å²) in [4.78, 5) is 28.5. The van der Waals surface area contributed by atoms with Gasteiger partial charge in [-0.25, -0.2) is 0 Å². The van der Waals surface area contributed by atoms with Gasteiger partial charge in [-0.15, -0.1) is 11.3 Å². The van der Waals surface area contributed by atoms with Crippen LogP contribution in [0.4, 0.5) is 5.69 Å². The van der Waals surface area contributed by atoms with E-state index < -0.39 is 0 Å². The molecule has 0 atom stereocenters. The van der Waals surface area contributed by atoms with Crippen molar-refractivity contribution in [2.45, 2.75) is 20.4 Å². The van der Waals surface area contributed by atoms with Gasteiger partial charge >= 0.3 is 0 Å². The van der Waals surface area contributed by atoms with Crippen molar-refractivity contribution in [3.8, 4) is 0 Å². The quantitative estimate of drug-likeness (QED) is 0.559. The second-order valence-corrected chi connectivity index (χ2v) is 8.38. The van der Waals surface area contributed by atoms with Gasteiger partial charge < -0.3 is 5.32 Å². The van der Waals surface area contributed by atoms with Crippen LogP contribution in [0.3, 0.4) is 0 Å². The zero-order valence-electron chi connectivity index (χ0n) is 16.0. The number of imide groups is 1. The molecule has 6 heteroatoms. The van der Waals surface area contributed by atoms with E-state index in [9.17, 15) is 9.59 Å². The maximum Gasteiger partial charge on any atom is 0.278 e. The fraction of sp³-hybridized carbons (Fsp3) is 0.130. The van der Waals surface area contributed by atoms with Crippen molar-refractivity contribution in [1.29, 1.82) is 0 Å². The molecule has 2 heterocycles. The molecule has 4 nitrogen and oxygen atoms in total. The number of aryl methyl sites for hydroxylation is 2. The maximum absolute atomic E-state index is 13.2. The predicted octanol–water partition coefficient (Wildman–Crippen LogP) is 5.41. The molecule has 0 bridgehead atoms. The Labute approximate surface area is 178 Å². The SMILES string of the molecule is Cc1ccc(CN2C(=O)C(Nc3cc(Cl)ccc3C)=C(c3cccs3)C2=O)cc1. The van der Waals surface area contributed by atoms with Crippen molar-refractivity contribution in [3.05, 3.63) is 92.3 Å². The fourth-order valence-electron chi connectivity index (χ4n) is 3.22. The van der Waals surface area contributed by atoms with E-state index in [1.807, 2.05) is 61.7 Å². The van der Waals surface area contributed by atoms with Gasteiger partial charge in [0.25, 0.3) is 11.8 Å². The van der Waals surface area contributed by atoms with Gasteiger partial charge in [0.15, 0.2) is 0 Å². The lowest BCUT2D eigenvalue weighted by molar-refractivity contribution is -0.137. The molecule has 0 fully saturated rings. The van der Waals surface area contributed by atoms with Gasteiger partial charge in [-0.05, 0) is 48.6 Å². The van der Waals surface area contributed by atoms with E-state index >= 15 is 0 Å². The van der Waals surface area contributed by atoms with Crippen LogP contribution in [0.25, 0.3) is 5.57 Å². The Bertz CT molecular complexity index is 1120. The highest BCUT2D eigenvalue weighted by molar-refractivity contribution is 7.11. The first kappa shape index (κ1) is 19.4. The first-order valence-electron chi connectivity index (χ1n) is 9.17. The molecule has 29 heavy (non-hydrogen) atoms. The van der Waals surface area contributed by atoms with Crippen LogP contribution in [-0.4, -0.2) is 16.7 Å². The highest BCUT2D eigenvalue weighted by Gasteiger charge is 2.39. The number of carbonyl (C=O) groups is 2. The lowest BCUT2D eigenvalue weighted by Gasteiger charge is -2.16. The molecule has 146 valence electrons. The van der Waals surface area contributed by atoms with Crippen LogP contribution >= 0.6 is 22.9 Å². The number of amides is 2. The molecule has 0 radical (unpaired) electrons.